The second-order valence-electron chi connectivity index (χ2n) is 5.72. The third-order valence-electron chi connectivity index (χ3n) is 4.39. The van der Waals surface area contributed by atoms with Crippen molar-refractivity contribution >= 4 is 12.3 Å². The molecule has 0 bridgehead atoms. The summed E-state index contributed by atoms with van der Waals surface area (Å²) in [7, 11) is 0. The lowest BCUT2D eigenvalue weighted by Crippen LogP contribution is -2.10. The second kappa shape index (κ2) is 9.68. The highest BCUT2D eigenvalue weighted by molar-refractivity contribution is 5.77. The van der Waals surface area contributed by atoms with Gasteiger partial charge in [-0.15, -0.1) is 0 Å². The van der Waals surface area contributed by atoms with Crippen molar-refractivity contribution in [3.8, 4) is 6.07 Å². The molecule has 26 heavy (non-hydrogen) atoms. The van der Waals surface area contributed by atoms with Crippen molar-refractivity contribution in [1.29, 1.82) is 5.26 Å². The van der Waals surface area contributed by atoms with Crippen molar-refractivity contribution in [2.24, 2.45) is 4.99 Å². The van der Waals surface area contributed by atoms with Crippen LogP contribution in [0.4, 0.5) is 4.39 Å². The van der Waals surface area contributed by atoms with Crippen LogP contribution in [0.2, 0.25) is 0 Å². The summed E-state index contributed by atoms with van der Waals surface area (Å²) in [5.41, 5.74) is 7.51. The molecule has 0 atom stereocenters. The van der Waals surface area contributed by atoms with Gasteiger partial charge in [0.15, 0.2) is 0 Å². The Morgan fingerprint density at radius 2 is 1.73 bits per heavy atom. The van der Waals surface area contributed by atoms with E-state index in [1.807, 2.05) is 45.9 Å². The van der Waals surface area contributed by atoms with E-state index in [9.17, 15) is 4.39 Å². The monoisotopic (exact) mass is 350 g/mol. The zero-order valence-corrected chi connectivity index (χ0v) is 16.7. The first kappa shape index (κ1) is 21.3. The first-order valence-corrected chi connectivity index (χ1v) is 8.90. The van der Waals surface area contributed by atoms with Crippen LogP contribution in [0.25, 0.3) is 6.08 Å². The van der Waals surface area contributed by atoms with Crippen LogP contribution < -0.4 is 0 Å². The summed E-state index contributed by atoms with van der Waals surface area (Å²) in [6.45, 7) is 14.1. The number of rotatable bonds is 4. The van der Waals surface area contributed by atoms with Crippen molar-refractivity contribution in [2.75, 3.05) is 0 Å². The number of benzene rings is 1. The molecule has 1 aliphatic carbocycles. The standard InChI is InChI=1S/C21H21FN2.C2H6/c1-6-20(24-7-2)18(21-14(4)13(3)15(21)5)10-16-8-9-17(12-23)19(22)11-16;1-2/h6-11H,1-5H3;1-2H3/b18-10+,20-6-,24-7?;. The summed E-state index contributed by atoms with van der Waals surface area (Å²) in [5.74, 6) is -0.505. The molecule has 1 aromatic rings. The number of hydrogen-bond donors (Lipinski definition) is 0. The van der Waals surface area contributed by atoms with E-state index >= 15 is 0 Å². The Bertz CT molecular complexity index is 872. The lowest BCUT2D eigenvalue weighted by molar-refractivity contribution is 0.623. The van der Waals surface area contributed by atoms with Gasteiger partial charge in [0.1, 0.15) is 11.9 Å². The first-order valence-electron chi connectivity index (χ1n) is 8.90. The summed E-state index contributed by atoms with van der Waals surface area (Å²) < 4.78 is 13.9. The van der Waals surface area contributed by atoms with E-state index in [0.29, 0.717) is 5.56 Å². The molecule has 0 aliphatic heterocycles. The molecule has 0 spiro atoms. The number of nitriles is 1. The molecule has 0 unspecified atom stereocenters. The summed E-state index contributed by atoms with van der Waals surface area (Å²) >= 11 is 0. The van der Waals surface area contributed by atoms with Crippen LogP contribution >= 0.6 is 0 Å². The quantitative estimate of drug-likeness (QED) is 0.436. The molecule has 0 saturated heterocycles. The van der Waals surface area contributed by atoms with Crippen LogP contribution in [0.5, 0.6) is 0 Å². The van der Waals surface area contributed by atoms with Crippen LogP contribution in [0.3, 0.4) is 0 Å². The SMILES string of the molecule is CC.CC=NC(=C\C)/C(=C\c1ccc(C#N)c(F)c1)C1=C(C)C(C)=C1C. The molecule has 0 fully saturated rings. The fraction of sp³-hybridized carbons (Fsp3) is 0.304. The number of nitrogens with zero attached hydrogens (tertiary/aromatic N) is 2. The van der Waals surface area contributed by atoms with E-state index < -0.39 is 5.82 Å². The molecule has 2 rings (SSSR count). The Morgan fingerprint density at radius 3 is 2.19 bits per heavy atom. The molecule has 2 nitrogen and oxygen atoms in total. The largest absolute Gasteiger partial charge is 0.261 e. The normalized spacial score (nSPS) is 14.9. The fourth-order valence-corrected chi connectivity index (χ4v) is 2.87. The molecule has 0 N–H and O–H groups in total. The first-order chi connectivity index (χ1) is 12.4. The Labute approximate surface area is 156 Å². The van der Waals surface area contributed by atoms with Crippen LogP contribution in [0, 0.1) is 17.1 Å². The lowest BCUT2D eigenvalue weighted by atomic mass is 9.77. The van der Waals surface area contributed by atoms with Gasteiger partial charge in [-0.05, 0) is 80.7 Å². The molecule has 3 heteroatoms. The predicted molar refractivity (Wildman–Crippen MR) is 109 cm³/mol. The van der Waals surface area contributed by atoms with Gasteiger partial charge in [-0.1, -0.05) is 26.0 Å². The topological polar surface area (TPSA) is 36.1 Å². The Kier molecular flexibility index (Phi) is 7.93. The van der Waals surface area contributed by atoms with Crippen LogP contribution in [0.15, 0.2) is 62.8 Å². The average Bonchev–Trinajstić information content (AvgIpc) is 2.67. The minimum absolute atomic E-state index is 0.0532. The average molecular weight is 350 g/mol. The van der Waals surface area contributed by atoms with Gasteiger partial charge < -0.3 is 0 Å². The highest BCUT2D eigenvalue weighted by Crippen LogP contribution is 2.42. The molecule has 0 heterocycles. The van der Waals surface area contributed by atoms with Crippen LogP contribution in [0.1, 0.15) is 59.6 Å². The van der Waals surface area contributed by atoms with Gasteiger partial charge in [0.05, 0.1) is 11.3 Å². The highest BCUT2D eigenvalue weighted by atomic mass is 19.1. The van der Waals surface area contributed by atoms with Gasteiger partial charge in [-0.2, -0.15) is 5.26 Å². The molecule has 0 radical (unpaired) electrons. The minimum Gasteiger partial charge on any atom is -0.261 e. The summed E-state index contributed by atoms with van der Waals surface area (Å²) in [6.07, 6.45) is 5.64. The van der Waals surface area contributed by atoms with Gasteiger partial charge in [0, 0.05) is 11.8 Å². The molecule has 0 saturated carbocycles. The Hall–Kier alpha value is -2.73. The van der Waals surface area contributed by atoms with E-state index in [-0.39, 0.29) is 5.56 Å². The molecular weight excluding hydrogens is 323 g/mol. The maximum absolute atomic E-state index is 13.9. The van der Waals surface area contributed by atoms with Crippen molar-refractivity contribution in [2.45, 2.75) is 48.5 Å². The van der Waals surface area contributed by atoms with E-state index in [1.54, 1.807) is 12.3 Å². The summed E-state index contributed by atoms with van der Waals surface area (Å²) in [4.78, 5) is 4.46. The van der Waals surface area contributed by atoms with Crippen molar-refractivity contribution in [1.82, 2.24) is 0 Å². The van der Waals surface area contributed by atoms with E-state index in [4.69, 9.17) is 5.26 Å². The number of aliphatic imine (C=N–C) groups is 1. The molecule has 1 aromatic carbocycles. The van der Waals surface area contributed by atoms with Gasteiger partial charge in [-0.3, -0.25) is 4.99 Å². The van der Waals surface area contributed by atoms with E-state index in [2.05, 4.69) is 25.8 Å². The summed E-state index contributed by atoms with van der Waals surface area (Å²) in [6, 6.07) is 6.50. The predicted octanol–water partition coefficient (Wildman–Crippen LogP) is 6.77. The molecule has 136 valence electrons. The Balaban J connectivity index is 0.00000163. The fourth-order valence-electron chi connectivity index (χ4n) is 2.87. The minimum atomic E-state index is -0.505. The molecular formula is C23H27FN2. The second-order valence-corrected chi connectivity index (χ2v) is 5.72. The molecule has 1 aliphatic rings. The van der Waals surface area contributed by atoms with Gasteiger partial charge >= 0.3 is 0 Å². The number of hydrogen-bond acceptors (Lipinski definition) is 2. The maximum atomic E-state index is 13.9. The van der Waals surface area contributed by atoms with Gasteiger partial charge in [0.25, 0.3) is 0 Å². The summed E-state index contributed by atoms with van der Waals surface area (Å²) in [5, 5.41) is 8.87. The maximum Gasteiger partial charge on any atom is 0.141 e. The highest BCUT2D eigenvalue weighted by Gasteiger charge is 2.24. The van der Waals surface area contributed by atoms with Crippen LogP contribution in [-0.2, 0) is 0 Å². The number of halogens is 1. The Morgan fingerprint density at radius 1 is 1.08 bits per heavy atom. The zero-order valence-electron chi connectivity index (χ0n) is 16.7. The molecule has 0 aromatic heterocycles. The smallest absolute Gasteiger partial charge is 0.141 e. The van der Waals surface area contributed by atoms with Gasteiger partial charge in [0.2, 0.25) is 0 Å². The van der Waals surface area contributed by atoms with Crippen molar-refractivity contribution in [3.05, 3.63) is 74.8 Å². The third kappa shape index (κ3) is 4.26. The zero-order chi connectivity index (χ0) is 19.9. The van der Waals surface area contributed by atoms with Crippen molar-refractivity contribution < 1.29 is 4.39 Å². The van der Waals surface area contributed by atoms with E-state index in [0.717, 1.165) is 16.8 Å². The molecule has 0 amide bonds. The third-order valence-corrected chi connectivity index (χ3v) is 4.39. The number of allylic oxidation sites excluding steroid dienone is 5. The van der Waals surface area contributed by atoms with Gasteiger partial charge in [-0.25, -0.2) is 4.39 Å². The van der Waals surface area contributed by atoms with Crippen LogP contribution in [-0.4, -0.2) is 6.21 Å². The van der Waals surface area contributed by atoms with E-state index in [1.165, 1.54) is 28.9 Å². The lowest BCUT2D eigenvalue weighted by Gasteiger charge is -2.28. The van der Waals surface area contributed by atoms with Crippen molar-refractivity contribution in [3.63, 3.8) is 0 Å².